The van der Waals surface area contributed by atoms with Crippen molar-refractivity contribution in [1.29, 1.82) is 0 Å². The molecule has 5 nitrogen and oxygen atoms in total. The first-order chi connectivity index (χ1) is 7.84. The number of carboxylic acids is 1. The van der Waals surface area contributed by atoms with Crippen LogP contribution in [0.25, 0.3) is 0 Å². The Kier molecular flexibility index (Phi) is 2.72. The first-order valence-electron chi connectivity index (χ1n) is 5.94. The van der Waals surface area contributed by atoms with Crippen molar-refractivity contribution in [2.75, 3.05) is 0 Å². The van der Waals surface area contributed by atoms with E-state index in [1.54, 1.807) is 13.8 Å². The lowest BCUT2D eigenvalue weighted by Crippen LogP contribution is -2.49. The van der Waals surface area contributed by atoms with Gasteiger partial charge in [0.15, 0.2) is 0 Å². The molecule has 2 rings (SSSR count). The molecule has 2 atom stereocenters. The van der Waals surface area contributed by atoms with Crippen LogP contribution in [0.3, 0.4) is 0 Å². The van der Waals surface area contributed by atoms with Crippen LogP contribution in [0.15, 0.2) is 0 Å². The number of carboxylic acid groups (broad SMARTS) is 1. The Morgan fingerprint density at radius 3 is 2.18 bits per heavy atom. The standard InChI is InChI=1S/C12H17NO4/c1-12(2,6-9(14)15)13-10(16)7-4-3-5-8(7)11(13)17/h7-8H,3-6H2,1-2H3,(H,14,15). The summed E-state index contributed by atoms with van der Waals surface area (Å²) in [5.74, 6) is -1.74. The Bertz CT molecular complexity index is 366. The van der Waals surface area contributed by atoms with E-state index < -0.39 is 11.5 Å². The zero-order valence-corrected chi connectivity index (χ0v) is 10.1. The van der Waals surface area contributed by atoms with Crippen molar-refractivity contribution in [2.45, 2.75) is 45.1 Å². The minimum Gasteiger partial charge on any atom is -0.481 e. The van der Waals surface area contributed by atoms with Crippen molar-refractivity contribution >= 4 is 17.8 Å². The number of fused-ring (bicyclic) bond motifs is 1. The predicted molar refractivity (Wildman–Crippen MR) is 59.0 cm³/mol. The maximum absolute atomic E-state index is 12.1. The van der Waals surface area contributed by atoms with Gasteiger partial charge in [0.2, 0.25) is 11.8 Å². The largest absolute Gasteiger partial charge is 0.481 e. The molecular weight excluding hydrogens is 222 g/mol. The Morgan fingerprint density at radius 2 is 1.76 bits per heavy atom. The molecule has 2 amide bonds. The Hall–Kier alpha value is -1.39. The van der Waals surface area contributed by atoms with Crippen molar-refractivity contribution in [2.24, 2.45) is 11.8 Å². The molecule has 0 radical (unpaired) electrons. The van der Waals surface area contributed by atoms with Gasteiger partial charge >= 0.3 is 5.97 Å². The average molecular weight is 239 g/mol. The van der Waals surface area contributed by atoms with E-state index in [1.807, 2.05) is 0 Å². The summed E-state index contributed by atoms with van der Waals surface area (Å²) in [5, 5.41) is 8.84. The summed E-state index contributed by atoms with van der Waals surface area (Å²) >= 11 is 0. The minimum atomic E-state index is -0.993. The van der Waals surface area contributed by atoms with E-state index in [-0.39, 0.29) is 30.1 Å². The summed E-state index contributed by atoms with van der Waals surface area (Å²) in [5.41, 5.74) is -0.926. The Labute approximate surface area is 99.8 Å². The van der Waals surface area contributed by atoms with E-state index >= 15 is 0 Å². The third-order valence-electron chi connectivity index (χ3n) is 3.78. The van der Waals surface area contributed by atoms with Crippen LogP contribution in [0.1, 0.15) is 39.5 Å². The van der Waals surface area contributed by atoms with Gasteiger partial charge in [0.05, 0.1) is 23.8 Å². The topological polar surface area (TPSA) is 74.7 Å². The molecule has 1 saturated carbocycles. The van der Waals surface area contributed by atoms with Gasteiger partial charge in [0, 0.05) is 0 Å². The number of carbonyl (C=O) groups excluding carboxylic acids is 2. The second-order valence-corrected chi connectivity index (χ2v) is 5.54. The van der Waals surface area contributed by atoms with Crippen LogP contribution in [0.4, 0.5) is 0 Å². The second-order valence-electron chi connectivity index (χ2n) is 5.54. The fraction of sp³-hybridized carbons (Fsp3) is 0.750. The fourth-order valence-corrected chi connectivity index (χ4v) is 3.04. The molecule has 17 heavy (non-hydrogen) atoms. The number of hydrogen-bond acceptors (Lipinski definition) is 3. The minimum absolute atomic E-state index is 0.177. The van der Waals surface area contributed by atoms with E-state index in [1.165, 1.54) is 4.90 Å². The van der Waals surface area contributed by atoms with Crippen molar-refractivity contribution in [3.63, 3.8) is 0 Å². The summed E-state index contributed by atoms with van der Waals surface area (Å²) in [6, 6.07) is 0. The molecule has 2 fully saturated rings. The molecule has 0 aromatic heterocycles. The number of rotatable bonds is 3. The number of carbonyl (C=O) groups is 3. The highest BCUT2D eigenvalue weighted by Crippen LogP contribution is 2.42. The third kappa shape index (κ3) is 1.83. The van der Waals surface area contributed by atoms with Crippen molar-refractivity contribution in [3.05, 3.63) is 0 Å². The molecule has 1 aliphatic heterocycles. The molecule has 1 N–H and O–H groups in total. The van der Waals surface area contributed by atoms with Gasteiger partial charge in [-0.2, -0.15) is 0 Å². The Morgan fingerprint density at radius 1 is 1.29 bits per heavy atom. The molecule has 5 heteroatoms. The van der Waals surface area contributed by atoms with Gasteiger partial charge in [-0.3, -0.25) is 19.3 Å². The van der Waals surface area contributed by atoms with Gasteiger partial charge in [0.25, 0.3) is 0 Å². The predicted octanol–water partition coefficient (Wildman–Crippen LogP) is 1.02. The van der Waals surface area contributed by atoms with Crippen LogP contribution in [-0.4, -0.2) is 33.3 Å². The highest BCUT2D eigenvalue weighted by atomic mass is 16.4. The summed E-state index contributed by atoms with van der Waals surface area (Å²) < 4.78 is 0. The molecule has 1 saturated heterocycles. The quantitative estimate of drug-likeness (QED) is 0.746. The van der Waals surface area contributed by atoms with E-state index in [4.69, 9.17) is 5.11 Å². The van der Waals surface area contributed by atoms with Gasteiger partial charge in [0.1, 0.15) is 0 Å². The van der Waals surface area contributed by atoms with Crippen LogP contribution in [-0.2, 0) is 14.4 Å². The molecule has 0 bridgehead atoms. The lowest BCUT2D eigenvalue weighted by Gasteiger charge is -2.33. The first-order valence-corrected chi connectivity index (χ1v) is 5.94. The van der Waals surface area contributed by atoms with Crippen molar-refractivity contribution in [3.8, 4) is 0 Å². The normalized spacial score (nSPS) is 28.7. The molecular formula is C12H17NO4. The summed E-state index contributed by atoms with van der Waals surface area (Å²) in [6.45, 7) is 3.27. The van der Waals surface area contributed by atoms with Gasteiger partial charge in [-0.05, 0) is 26.7 Å². The number of likely N-dealkylation sites (tertiary alicyclic amines) is 1. The molecule has 2 unspecified atom stereocenters. The van der Waals surface area contributed by atoms with Crippen LogP contribution in [0, 0.1) is 11.8 Å². The average Bonchev–Trinajstić information content (AvgIpc) is 2.69. The molecule has 0 aromatic rings. The highest BCUT2D eigenvalue weighted by Gasteiger charge is 2.54. The number of hydrogen-bond donors (Lipinski definition) is 1. The number of aliphatic carboxylic acids is 1. The van der Waals surface area contributed by atoms with Crippen LogP contribution in [0.2, 0.25) is 0 Å². The van der Waals surface area contributed by atoms with E-state index in [9.17, 15) is 14.4 Å². The maximum atomic E-state index is 12.1. The lowest BCUT2D eigenvalue weighted by atomic mass is 9.98. The zero-order valence-electron chi connectivity index (χ0n) is 10.1. The SMILES string of the molecule is CC(C)(CC(=O)O)N1C(=O)C2CCCC2C1=O. The van der Waals surface area contributed by atoms with Gasteiger partial charge in [-0.15, -0.1) is 0 Å². The summed E-state index contributed by atoms with van der Waals surface area (Å²) in [7, 11) is 0. The first kappa shape index (κ1) is 12.1. The fourth-order valence-electron chi connectivity index (χ4n) is 3.04. The van der Waals surface area contributed by atoms with Gasteiger partial charge in [-0.1, -0.05) is 6.42 Å². The molecule has 0 aromatic carbocycles. The number of nitrogens with zero attached hydrogens (tertiary/aromatic N) is 1. The molecule has 2 aliphatic rings. The maximum Gasteiger partial charge on any atom is 0.305 e. The van der Waals surface area contributed by atoms with Crippen LogP contribution >= 0.6 is 0 Å². The molecule has 94 valence electrons. The van der Waals surface area contributed by atoms with Crippen molar-refractivity contribution < 1.29 is 19.5 Å². The smallest absolute Gasteiger partial charge is 0.305 e. The highest BCUT2D eigenvalue weighted by molar-refractivity contribution is 6.06. The van der Waals surface area contributed by atoms with E-state index in [0.717, 1.165) is 19.3 Å². The summed E-state index contributed by atoms with van der Waals surface area (Å²) in [6.07, 6.45) is 2.23. The van der Waals surface area contributed by atoms with Gasteiger partial charge in [-0.25, -0.2) is 0 Å². The van der Waals surface area contributed by atoms with E-state index in [2.05, 4.69) is 0 Å². The number of amides is 2. The Balaban J connectivity index is 2.25. The molecule has 1 aliphatic carbocycles. The third-order valence-corrected chi connectivity index (χ3v) is 3.78. The lowest BCUT2D eigenvalue weighted by molar-refractivity contribution is -0.149. The monoisotopic (exact) mass is 239 g/mol. The van der Waals surface area contributed by atoms with E-state index in [0.29, 0.717) is 0 Å². The van der Waals surface area contributed by atoms with Crippen LogP contribution < -0.4 is 0 Å². The molecule has 0 spiro atoms. The second kappa shape index (κ2) is 3.82. The van der Waals surface area contributed by atoms with Crippen molar-refractivity contribution in [1.82, 2.24) is 4.90 Å². The van der Waals surface area contributed by atoms with Gasteiger partial charge < -0.3 is 5.11 Å². The number of imide groups is 1. The summed E-state index contributed by atoms with van der Waals surface area (Å²) in [4.78, 5) is 36.2. The molecule has 1 heterocycles. The zero-order chi connectivity index (χ0) is 12.8. The van der Waals surface area contributed by atoms with Crippen LogP contribution in [0.5, 0.6) is 0 Å².